The minimum absolute atomic E-state index is 0.157. The van der Waals surface area contributed by atoms with Crippen molar-refractivity contribution in [3.8, 4) is 0 Å². The second-order valence-corrected chi connectivity index (χ2v) is 6.59. The Morgan fingerprint density at radius 1 is 1.38 bits per heavy atom. The number of hydrogen-bond donors (Lipinski definition) is 0. The largest absolute Gasteiger partial charge is 0.335 e. The van der Waals surface area contributed by atoms with Gasteiger partial charge in [-0.1, -0.05) is 6.07 Å². The van der Waals surface area contributed by atoms with Crippen LogP contribution in [0, 0.1) is 6.92 Å². The number of carbonyl (C=O) groups is 1. The van der Waals surface area contributed by atoms with Gasteiger partial charge < -0.3 is 9.30 Å². The molecular weight excluding hydrogens is 302 g/mol. The molecule has 0 saturated heterocycles. The first kappa shape index (κ1) is 14.9. The smallest absolute Gasteiger partial charge is 0.229 e. The molecule has 1 amide bonds. The molecule has 6 heteroatoms. The normalized spacial score (nSPS) is 14.2. The fourth-order valence-corrected chi connectivity index (χ4v) is 3.15. The van der Waals surface area contributed by atoms with Crippen LogP contribution in [-0.4, -0.2) is 36.0 Å². The topological polar surface area (TPSA) is 55.4 Å². The van der Waals surface area contributed by atoms with Crippen molar-refractivity contribution in [1.82, 2.24) is 24.1 Å². The number of carbonyl (C=O) groups excluding carboxylic acids is 1. The van der Waals surface area contributed by atoms with Gasteiger partial charge in [-0.2, -0.15) is 5.10 Å². The zero-order chi connectivity index (χ0) is 16.7. The SMILES string of the molecule is Cc1cccn2c(CC(=O)N(Cc3cnn(C)c3)C3CC3)cnc12. The molecule has 4 rings (SSSR count). The molecule has 3 aromatic heterocycles. The molecule has 0 aliphatic heterocycles. The summed E-state index contributed by atoms with van der Waals surface area (Å²) >= 11 is 0. The van der Waals surface area contributed by atoms with Crippen molar-refractivity contribution in [2.24, 2.45) is 7.05 Å². The molecule has 1 aliphatic carbocycles. The third-order valence-corrected chi connectivity index (χ3v) is 4.56. The average Bonchev–Trinajstić information content (AvgIpc) is 3.19. The fraction of sp³-hybridized carbons (Fsp3) is 0.389. The lowest BCUT2D eigenvalue weighted by molar-refractivity contribution is -0.131. The van der Waals surface area contributed by atoms with Crippen LogP contribution in [0.3, 0.4) is 0 Å². The van der Waals surface area contributed by atoms with Crippen LogP contribution in [0.15, 0.2) is 36.9 Å². The number of imidazole rings is 1. The van der Waals surface area contributed by atoms with Crippen molar-refractivity contribution < 1.29 is 4.79 Å². The number of amides is 1. The molecule has 0 atom stereocenters. The molecule has 124 valence electrons. The fourth-order valence-electron chi connectivity index (χ4n) is 3.15. The molecule has 1 aliphatic rings. The quantitative estimate of drug-likeness (QED) is 0.722. The molecule has 1 fully saturated rings. The Bertz CT molecular complexity index is 890. The van der Waals surface area contributed by atoms with Gasteiger partial charge in [-0.15, -0.1) is 0 Å². The van der Waals surface area contributed by atoms with E-state index in [0.29, 0.717) is 19.0 Å². The summed E-state index contributed by atoms with van der Waals surface area (Å²) in [6, 6.07) is 4.40. The summed E-state index contributed by atoms with van der Waals surface area (Å²) in [7, 11) is 1.90. The van der Waals surface area contributed by atoms with Crippen molar-refractivity contribution in [1.29, 1.82) is 0 Å². The number of hydrogen-bond acceptors (Lipinski definition) is 3. The minimum Gasteiger partial charge on any atom is -0.335 e. The third kappa shape index (κ3) is 2.79. The van der Waals surface area contributed by atoms with Crippen LogP contribution in [0.25, 0.3) is 5.65 Å². The summed E-state index contributed by atoms with van der Waals surface area (Å²) in [6.07, 6.45) is 10.2. The van der Waals surface area contributed by atoms with Crippen molar-refractivity contribution in [2.75, 3.05) is 0 Å². The highest BCUT2D eigenvalue weighted by Gasteiger charge is 2.33. The lowest BCUT2D eigenvalue weighted by atomic mass is 10.2. The average molecular weight is 323 g/mol. The zero-order valence-electron chi connectivity index (χ0n) is 14.0. The second kappa shape index (κ2) is 5.78. The van der Waals surface area contributed by atoms with E-state index >= 15 is 0 Å². The summed E-state index contributed by atoms with van der Waals surface area (Å²) in [5, 5.41) is 4.20. The standard InChI is InChI=1S/C18H21N5O/c1-13-4-3-7-22-16(10-19-18(13)22)8-17(24)23(15-5-6-15)12-14-9-20-21(2)11-14/h3-4,7,9-11,15H,5-6,8,12H2,1-2H3. The van der Waals surface area contributed by atoms with Gasteiger partial charge in [0.2, 0.25) is 5.91 Å². The number of aryl methyl sites for hydroxylation is 2. The molecule has 6 nitrogen and oxygen atoms in total. The molecule has 0 bridgehead atoms. The number of fused-ring (bicyclic) bond motifs is 1. The van der Waals surface area contributed by atoms with Gasteiger partial charge >= 0.3 is 0 Å². The van der Waals surface area contributed by atoms with E-state index < -0.39 is 0 Å². The highest BCUT2D eigenvalue weighted by atomic mass is 16.2. The third-order valence-electron chi connectivity index (χ3n) is 4.56. The molecule has 3 heterocycles. The second-order valence-electron chi connectivity index (χ2n) is 6.59. The molecule has 0 radical (unpaired) electrons. The maximum absolute atomic E-state index is 12.9. The maximum atomic E-state index is 12.9. The van der Waals surface area contributed by atoms with Crippen molar-refractivity contribution in [2.45, 2.75) is 38.8 Å². The van der Waals surface area contributed by atoms with E-state index in [1.807, 2.05) is 60.2 Å². The maximum Gasteiger partial charge on any atom is 0.229 e. The van der Waals surface area contributed by atoms with E-state index in [1.54, 1.807) is 4.68 Å². The van der Waals surface area contributed by atoms with E-state index in [2.05, 4.69) is 10.1 Å². The molecule has 0 spiro atoms. The predicted octanol–water partition coefficient (Wildman–Crippen LogP) is 2.11. The number of rotatable bonds is 5. The first-order valence-electron chi connectivity index (χ1n) is 8.30. The minimum atomic E-state index is 0.157. The summed E-state index contributed by atoms with van der Waals surface area (Å²) in [6.45, 7) is 2.67. The lowest BCUT2D eigenvalue weighted by Crippen LogP contribution is -2.34. The Kier molecular flexibility index (Phi) is 3.59. The molecule has 1 saturated carbocycles. The first-order chi connectivity index (χ1) is 11.6. The van der Waals surface area contributed by atoms with Crippen LogP contribution in [0.1, 0.15) is 29.7 Å². The highest BCUT2D eigenvalue weighted by molar-refractivity contribution is 5.79. The summed E-state index contributed by atoms with van der Waals surface area (Å²) in [4.78, 5) is 19.3. The molecule has 0 N–H and O–H groups in total. The summed E-state index contributed by atoms with van der Waals surface area (Å²) < 4.78 is 3.79. The number of pyridine rings is 1. The Morgan fingerprint density at radius 3 is 2.92 bits per heavy atom. The van der Waals surface area contributed by atoms with Gasteiger partial charge in [0, 0.05) is 43.8 Å². The van der Waals surface area contributed by atoms with Crippen molar-refractivity contribution in [3.63, 3.8) is 0 Å². The van der Waals surface area contributed by atoms with Gasteiger partial charge in [0.25, 0.3) is 0 Å². The number of nitrogens with zero attached hydrogens (tertiary/aromatic N) is 5. The highest BCUT2D eigenvalue weighted by Crippen LogP contribution is 2.29. The molecule has 24 heavy (non-hydrogen) atoms. The van der Waals surface area contributed by atoms with E-state index in [0.717, 1.165) is 35.3 Å². The van der Waals surface area contributed by atoms with Crippen molar-refractivity contribution in [3.05, 3.63) is 53.7 Å². The van der Waals surface area contributed by atoms with Gasteiger partial charge in [0.05, 0.1) is 18.3 Å². The van der Waals surface area contributed by atoms with Gasteiger partial charge in [0.1, 0.15) is 5.65 Å². The van der Waals surface area contributed by atoms with E-state index in [-0.39, 0.29) is 5.91 Å². The number of aromatic nitrogens is 4. The Hall–Kier alpha value is -2.63. The van der Waals surface area contributed by atoms with Crippen LogP contribution in [0.4, 0.5) is 0 Å². The van der Waals surface area contributed by atoms with Crippen LogP contribution in [0.2, 0.25) is 0 Å². The van der Waals surface area contributed by atoms with Gasteiger partial charge in [0.15, 0.2) is 0 Å². The van der Waals surface area contributed by atoms with E-state index in [4.69, 9.17) is 0 Å². The lowest BCUT2D eigenvalue weighted by Gasteiger charge is -2.21. The van der Waals surface area contributed by atoms with Crippen LogP contribution in [-0.2, 0) is 24.8 Å². The Morgan fingerprint density at radius 2 is 2.21 bits per heavy atom. The zero-order valence-corrected chi connectivity index (χ0v) is 14.0. The van der Waals surface area contributed by atoms with Crippen LogP contribution >= 0.6 is 0 Å². The molecule has 0 aromatic carbocycles. The molecular formula is C18H21N5O. The first-order valence-corrected chi connectivity index (χ1v) is 8.30. The summed E-state index contributed by atoms with van der Waals surface area (Å²) in [5.41, 5.74) is 4.05. The van der Waals surface area contributed by atoms with Gasteiger partial charge in [-0.3, -0.25) is 9.48 Å². The van der Waals surface area contributed by atoms with Crippen LogP contribution in [0.5, 0.6) is 0 Å². The van der Waals surface area contributed by atoms with E-state index in [9.17, 15) is 4.79 Å². The molecule has 0 unspecified atom stereocenters. The Balaban J connectivity index is 1.55. The molecule has 3 aromatic rings. The van der Waals surface area contributed by atoms with Gasteiger partial charge in [-0.05, 0) is 31.4 Å². The summed E-state index contributed by atoms with van der Waals surface area (Å²) in [5.74, 6) is 0.157. The van der Waals surface area contributed by atoms with Crippen LogP contribution < -0.4 is 0 Å². The monoisotopic (exact) mass is 323 g/mol. The Labute approximate surface area is 140 Å². The predicted molar refractivity (Wildman–Crippen MR) is 90.4 cm³/mol. The van der Waals surface area contributed by atoms with Gasteiger partial charge in [-0.25, -0.2) is 4.98 Å². The van der Waals surface area contributed by atoms with Crippen molar-refractivity contribution >= 4 is 11.6 Å². The van der Waals surface area contributed by atoms with E-state index in [1.165, 1.54) is 0 Å².